The Morgan fingerprint density at radius 3 is 2.47 bits per heavy atom. The van der Waals surface area contributed by atoms with Gasteiger partial charge in [0, 0.05) is 13.1 Å². The predicted molar refractivity (Wildman–Crippen MR) is 67.8 cm³/mol. The Morgan fingerprint density at radius 2 is 1.82 bits per heavy atom. The summed E-state index contributed by atoms with van der Waals surface area (Å²) >= 11 is 0. The largest absolute Gasteiger partial charge is 0.444 e. The van der Waals surface area contributed by atoms with E-state index in [1.807, 2.05) is 25.7 Å². The maximum atomic E-state index is 12.0. The van der Waals surface area contributed by atoms with Crippen LogP contribution in [0.3, 0.4) is 0 Å². The lowest BCUT2D eigenvalue weighted by Crippen LogP contribution is -2.35. The van der Waals surface area contributed by atoms with E-state index in [4.69, 9.17) is 4.74 Å². The second-order valence-corrected chi connectivity index (χ2v) is 6.82. The van der Waals surface area contributed by atoms with Gasteiger partial charge in [0.15, 0.2) is 0 Å². The van der Waals surface area contributed by atoms with Gasteiger partial charge in [-0.15, -0.1) is 0 Å². The molecule has 3 heteroatoms. The van der Waals surface area contributed by atoms with E-state index in [1.54, 1.807) is 0 Å². The van der Waals surface area contributed by atoms with Gasteiger partial charge in [-0.3, -0.25) is 0 Å². The van der Waals surface area contributed by atoms with Gasteiger partial charge in [0.1, 0.15) is 5.60 Å². The average Bonchev–Trinajstić information content (AvgIpc) is 2.57. The minimum atomic E-state index is -0.377. The molecule has 1 saturated carbocycles. The molecule has 2 rings (SSSR count). The summed E-state index contributed by atoms with van der Waals surface area (Å²) in [6.07, 6.45) is 3.76. The fraction of sp³-hybridized carbons (Fsp3) is 0.929. The molecule has 0 aromatic heterocycles. The topological polar surface area (TPSA) is 29.5 Å². The Balaban J connectivity index is 1.91. The van der Waals surface area contributed by atoms with Crippen LogP contribution >= 0.6 is 0 Å². The van der Waals surface area contributed by atoms with Crippen LogP contribution in [-0.2, 0) is 4.74 Å². The summed E-state index contributed by atoms with van der Waals surface area (Å²) in [6, 6.07) is 0. The van der Waals surface area contributed by atoms with Crippen molar-refractivity contribution in [2.45, 2.75) is 52.6 Å². The lowest BCUT2D eigenvalue weighted by molar-refractivity contribution is 0.0284. The van der Waals surface area contributed by atoms with Crippen molar-refractivity contribution in [1.82, 2.24) is 4.90 Å². The first kappa shape index (κ1) is 12.7. The normalized spacial score (nSPS) is 33.4. The second kappa shape index (κ2) is 4.51. The quantitative estimate of drug-likeness (QED) is 0.649. The van der Waals surface area contributed by atoms with Gasteiger partial charge in [-0.05, 0) is 51.4 Å². The molecule has 1 unspecified atom stereocenters. The van der Waals surface area contributed by atoms with Crippen LogP contribution < -0.4 is 0 Å². The highest BCUT2D eigenvalue weighted by atomic mass is 16.6. The first-order valence-corrected chi connectivity index (χ1v) is 6.83. The Kier molecular flexibility index (Phi) is 3.37. The highest BCUT2D eigenvalue weighted by Gasteiger charge is 2.39. The van der Waals surface area contributed by atoms with E-state index >= 15 is 0 Å². The van der Waals surface area contributed by atoms with Crippen molar-refractivity contribution in [2.24, 2.45) is 17.8 Å². The van der Waals surface area contributed by atoms with Gasteiger partial charge in [0.25, 0.3) is 0 Å². The van der Waals surface area contributed by atoms with Crippen LogP contribution in [-0.4, -0.2) is 29.7 Å². The monoisotopic (exact) mass is 239 g/mol. The molecule has 98 valence electrons. The van der Waals surface area contributed by atoms with Crippen molar-refractivity contribution in [3.63, 3.8) is 0 Å². The standard InChI is InChI=1S/C14H25NO2/c1-10-5-6-11-8-15(9-12(11)7-10)13(16)17-14(2,3)4/h10-12H,5-9H2,1-4H3/t10?,11-,12+/m1/s1. The highest BCUT2D eigenvalue weighted by molar-refractivity contribution is 5.68. The van der Waals surface area contributed by atoms with Crippen molar-refractivity contribution in [3.8, 4) is 0 Å². The number of hydrogen-bond donors (Lipinski definition) is 0. The van der Waals surface area contributed by atoms with Crippen LogP contribution in [0.1, 0.15) is 47.0 Å². The number of nitrogens with zero attached hydrogens (tertiary/aromatic N) is 1. The van der Waals surface area contributed by atoms with E-state index in [2.05, 4.69) is 6.92 Å². The molecule has 17 heavy (non-hydrogen) atoms. The number of rotatable bonds is 0. The summed E-state index contributed by atoms with van der Waals surface area (Å²) in [5.74, 6) is 2.26. The third-order valence-corrected chi connectivity index (χ3v) is 3.96. The van der Waals surface area contributed by atoms with Crippen LogP contribution in [0.4, 0.5) is 4.79 Å². The molecule has 0 spiro atoms. The number of ether oxygens (including phenoxy) is 1. The first-order valence-electron chi connectivity index (χ1n) is 6.83. The number of amides is 1. The Morgan fingerprint density at radius 1 is 1.18 bits per heavy atom. The molecule has 1 aliphatic heterocycles. The Labute approximate surface area is 105 Å². The summed E-state index contributed by atoms with van der Waals surface area (Å²) in [5.41, 5.74) is -0.377. The fourth-order valence-corrected chi connectivity index (χ4v) is 3.14. The van der Waals surface area contributed by atoms with E-state index in [0.29, 0.717) is 5.92 Å². The number of fused-ring (bicyclic) bond motifs is 1. The number of likely N-dealkylation sites (tertiary alicyclic amines) is 1. The minimum absolute atomic E-state index is 0.125. The molecule has 1 amide bonds. The van der Waals surface area contributed by atoms with E-state index in [1.165, 1.54) is 19.3 Å². The van der Waals surface area contributed by atoms with Crippen LogP contribution in [0.5, 0.6) is 0 Å². The van der Waals surface area contributed by atoms with Gasteiger partial charge < -0.3 is 9.64 Å². The zero-order valence-corrected chi connectivity index (χ0v) is 11.5. The third kappa shape index (κ3) is 3.14. The van der Waals surface area contributed by atoms with Crippen molar-refractivity contribution >= 4 is 6.09 Å². The maximum Gasteiger partial charge on any atom is 0.410 e. The van der Waals surface area contributed by atoms with Gasteiger partial charge in [-0.2, -0.15) is 0 Å². The van der Waals surface area contributed by atoms with Crippen LogP contribution in [0.25, 0.3) is 0 Å². The lowest BCUT2D eigenvalue weighted by atomic mass is 9.77. The summed E-state index contributed by atoms with van der Waals surface area (Å²) < 4.78 is 5.44. The van der Waals surface area contributed by atoms with Crippen molar-refractivity contribution < 1.29 is 9.53 Å². The Bertz CT molecular complexity index is 295. The predicted octanol–water partition coefficient (Wildman–Crippen LogP) is 3.29. The smallest absolute Gasteiger partial charge is 0.410 e. The van der Waals surface area contributed by atoms with E-state index in [9.17, 15) is 4.79 Å². The molecule has 1 aliphatic carbocycles. The van der Waals surface area contributed by atoms with Crippen LogP contribution in [0.2, 0.25) is 0 Å². The van der Waals surface area contributed by atoms with Crippen LogP contribution in [0.15, 0.2) is 0 Å². The van der Waals surface area contributed by atoms with Gasteiger partial charge in [-0.1, -0.05) is 13.3 Å². The lowest BCUT2D eigenvalue weighted by Gasteiger charge is -2.28. The van der Waals surface area contributed by atoms with E-state index in [-0.39, 0.29) is 11.7 Å². The molecule has 2 fully saturated rings. The van der Waals surface area contributed by atoms with Crippen LogP contribution in [0, 0.1) is 17.8 Å². The van der Waals surface area contributed by atoms with Gasteiger partial charge in [0.2, 0.25) is 0 Å². The average molecular weight is 239 g/mol. The summed E-state index contributed by atoms with van der Waals surface area (Å²) in [4.78, 5) is 13.9. The number of carbonyl (C=O) groups excluding carboxylic acids is 1. The molecule has 1 heterocycles. The minimum Gasteiger partial charge on any atom is -0.444 e. The second-order valence-electron chi connectivity index (χ2n) is 6.82. The maximum absolute atomic E-state index is 12.0. The van der Waals surface area contributed by atoms with Gasteiger partial charge >= 0.3 is 6.09 Å². The third-order valence-electron chi connectivity index (χ3n) is 3.96. The van der Waals surface area contributed by atoms with E-state index in [0.717, 1.165) is 24.9 Å². The molecule has 3 atom stereocenters. The SMILES string of the molecule is CC1CC[C@@H]2CN(C(=O)OC(C)(C)C)C[C@@H]2C1. The van der Waals surface area contributed by atoms with Crippen molar-refractivity contribution in [1.29, 1.82) is 0 Å². The van der Waals surface area contributed by atoms with Gasteiger partial charge in [-0.25, -0.2) is 4.79 Å². The highest BCUT2D eigenvalue weighted by Crippen LogP contribution is 2.39. The molecular formula is C14H25NO2. The zero-order chi connectivity index (χ0) is 12.6. The summed E-state index contributed by atoms with van der Waals surface area (Å²) in [6.45, 7) is 9.92. The fourth-order valence-electron chi connectivity index (χ4n) is 3.14. The molecule has 3 nitrogen and oxygen atoms in total. The molecule has 2 aliphatic rings. The molecular weight excluding hydrogens is 214 g/mol. The first-order chi connectivity index (χ1) is 7.85. The van der Waals surface area contributed by atoms with Gasteiger partial charge in [0.05, 0.1) is 0 Å². The zero-order valence-electron chi connectivity index (χ0n) is 11.5. The molecule has 0 bridgehead atoms. The van der Waals surface area contributed by atoms with E-state index < -0.39 is 0 Å². The summed E-state index contributed by atoms with van der Waals surface area (Å²) in [7, 11) is 0. The molecule has 0 N–H and O–H groups in total. The molecule has 0 aromatic carbocycles. The number of hydrogen-bond acceptors (Lipinski definition) is 2. The van der Waals surface area contributed by atoms with Crippen molar-refractivity contribution in [3.05, 3.63) is 0 Å². The number of carbonyl (C=O) groups is 1. The van der Waals surface area contributed by atoms with Crippen molar-refractivity contribution in [2.75, 3.05) is 13.1 Å². The molecule has 0 radical (unpaired) electrons. The Hall–Kier alpha value is -0.730. The molecule has 0 aromatic rings. The molecule has 1 saturated heterocycles. The summed E-state index contributed by atoms with van der Waals surface area (Å²) in [5, 5.41) is 0.